The molecular formula is C20H20ClNO2. The van der Waals surface area contributed by atoms with Gasteiger partial charge in [-0.1, -0.05) is 49.2 Å². The average Bonchev–Trinajstić information content (AvgIpc) is 2.93. The topological polar surface area (TPSA) is 42.1 Å². The van der Waals surface area contributed by atoms with E-state index in [-0.39, 0.29) is 5.97 Å². The van der Waals surface area contributed by atoms with E-state index >= 15 is 0 Å². The number of fused-ring (bicyclic) bond motifs is 1. The van der Waals surface area contributed by atoms with Gasteiger partial charge in [0.1, 0.15) is 0 Å². The van der Waals surface area contributed by atoms with Gasteiger partial charge in [0.15, 0.2) is 0 Å². The zero-order valence-electron chi connectivity index (χ0n) is 13.9. The molecule has 0 aliphatic rings. The molecule has 0 spiro atoms. The van der Waals surface area contributed by atoms with Crippen molar-refractivity contribution in [2.75, 3.05) is 7.11 Å². The third-order valence-corrected chi connectivity index (χ3v) is 4.61. The number of hydrogen-bond acceptors (Lipinski definition) is 2. The summed E-state index contributed by atoms with van der Waals surface area (Å²) >= 11 is 6.34. The van der Waals surface area contributed by atoms with Gasteiger partial charge in [0.2, 0.25) is 0 Å². The Morgan fingerprint density at radius 3 is 2.71 bits per heavy atom. The van der Waals surface area contributed by atoms with Gasteiger partial charge >= 0.3 is 5.97 Å². The van der Waals surface area contributed by atoms with Crippen molar-refractivity contribution in [3.63, 3.8) is 0 Å². The van der Waals surface area contributed by atoms with Crippen LogP contribution in [0.4, 0.5) is 0 Å². The highest BCUT2D eigenvalue weighted by Gasteiger charge is 2.15. The van der Waals surface area contributed by atoms with E-state index in [0.717, 1.165) is 40.8 Å². The van der Waals surface area contributed by atoms with Crippen LogP contribution in [0.2, 0.25) is 5.02 Å². The number of ether oxygens (including phenoxy) is 1. The van der Waals surface area contributed by atoms with Crippen LogP contribution in [0.25, 0.3) is 10.9 Å². The number of carbonyl (C=O) groups is 1. The highest BCUT2D eigenvalue weighted by molar-refractivity contribution is 6.31. The molecule has 0 saturated heterocycles. The van der Waals surface area contributed by atoms with Crippen LogP contribution in [0.15, 0.2) is 42.5 Å². The summed E-state index contributed by atoms with van der Waals surface area (Å²) in [4.78, 5) is 15.2. The number of H-pyrrole nitrogens is 1. The molecule has 0 radical (unpaired) electrons. The molecule has 124 valence electrons. The fraction of sp³-hybridized carbons (Fsp3) is 0.250. The van der Waals surface area contributed by atoms with Crippen LogP contribution in [0.1, 0.15) is 40.5 Å². The van der Waals surface area contributed by atoms with E-state index in [4.69, 9.17) is 16.3 Å². The number of benzene rings is 2. The normalized spacial score (nSPS) is 11.0. The van der Waals surface area contributed by atoms with Crippen LogP contribution < -0.4 is 0 Å². The first-order valence-electron chi connectivity index (χ1n) is 8.09. The molecule has 4 heteroatoms. The van der Waals surface area contributed by atoms with Crippen LogP contribution in [0.5, 0.6) is 0 Å². The van der Waals surface area contributed by atoms with Crippen molar-refractivity contribution in [2.24, 2.45) is 0 Å². The summed E-state index contributed by atoms with van der Waals surface area (Å²) in [5.74, 6) is -0.323. The molecule has 0 bridgehead atoms. The molecule has 0 aliphatic carbocycles. The number of aryl methyl sites for hydroxylation is 1. The van der Waals surface area contributed by atoms with E-state index in [1.165, 1.54) is 18.4 Å². The largest absolute Gasteiger partial charge is 0.465 e. The minimum absolute atomic E-state index is 0.323. The van der Waals surface area contributed by atoms with Crippen molar-refractivity contribution < 1.29 is 9.53 Å². The second-order valence-corrected chi connectivity index (χ2v) is 6.26. The molecule has 3 nitrogen and oxygen atoms in total. The van der Waals surface area contributed by atoms with Crippen molar-refractivity contribution >= 4 is 28.5 Å². The van der Waals surface area contributed by atoms with Gasteiger partial charge in [-0.05, 0) is 35.7 Å². The van der Waals surface area contributed by atoms with Crippen LogP contribution in [0, 0.1) is 0 Å². The lowest BCUT2D eigenvalue weighted by Gasteiger charge is -2.06. The fourth-order valence-corrected chi connectivity index (χ4v) is 3.26. The van der Waals surface area contributed by atoms with Gasteiger partial charge in [-0.3, -0.25) is 0 Å². The number of nitrogens with one attached hydrogen (secondary N) is 1. The monoisotopic (exact) mass is 341 g/mol. The Morgan fingerprint density at radius 1 is 1.21 bits per heavy atom. The smallest absolute Gasteiger partial charge is 0.337 e. The quantitative estimate of drug-likeness (QED) is 0.652. The highest BCUT2D eigenvalue weighted by Crippen LogP contribution is 2.29. The lowest BCUT2D eigenvalue weighted by molar-refractivity contribution is 0.0601. The van der Waals surface area contributed by atoms with E-state index in [1.54, 1.807) is 0 Å². The Balaban J connectivity index is 2.09. The number of aromatic amines is 1. The number of methoxy groups -OCH3 is 1. The van der Waals surface area contributed by atoms with Crippen molar-refractivity contribution in [2.45, 2.75) is 26.2 Å². The number of halogens is 1. The summed E-state index contributed by atoms with van der Waals surface area (Å²) in [7, 11) is 1.40. The molecule has 1 N–H and O–H groups in total. The second-order valence-electron chi connectivity index (χ2n) is 5.85. The summed E-state index contributed by atoms with van der Waals surface area (Å²) < 4.78 is 4.81. The Kier molecular flexibility index (Phi) is 4.91. The summed E-state index contributed by atoms with van der Waals surface area (Å²) in [6.07, 6.45) is 2.78. The minimum atomic E-state index is -0.323. The SMILES string of the molecule is CCCc1[nH]c2cc(C(=O)OC)ccc2c1Cc1ccccc1Cl. The average molecular weight is 342 g/mol. The molecule has 1 heterocycles. The summed E-state index contributed by atoms with van der Waals surface area (Å²) in [5.41, 5.74) is 5.07. The first-order chi connectivity index (χ1) is 11.6. The van der Waals surface area contributed by atoms with E-state index < -0.39 is 0 Å². The van der Waals surface area contributed by atoms with Crippen molar-refractivity contribution in [3.8, 4) is 0 Å². The number of aromatic nitrogens is 1. The van der Waals surface area contributed by atoms with Crippen molar-refractivity contribution in [1.82, 2.24) is 4.98 Å². The molecule has 1 aromatic heterocycles. The van der Waals surface area contributed by atoms with E-state index in [2.05, 4.69) is 18.0 Å². The molecule has 3 rings (SSSR count). The maximum Gasteiger partial charge on any atom is 0.337 e. The maximum absolute atomic E-state index is 11.8. The van der Waals surface area contributed by atoms with Gasteiger partial charge in [-0.15, -0.1) is 0 Å². The van der Waals surface area contributed by atoms with E-state index in [0.29, 0.717) is 5.56 Å². The lowest BCUT2D eigenvalue weighted by Crippen LogP contribution is -2.00. The Morgan fingerprint density at radius 2 is 2.00 bits per heavy atom. The van der Waals surface area contributed by atoms with Crippen molar-refractivity contribution in [3.05, 3.63) is 69.9 Å². The Bertz CT molecular complexity index is 882. The Hall–Kier alpha value is -2.26. The van der Waals surface area contributed by atoms with Gasteiger partial charge in [-0.25, -0.2) is 4.79 Å². The molecule has 0 amide bonds. The van der Waals surface area contributed by atoms with Crippen LogP contribution in [-0.4, -0.2) is 18.1 Å². The van der Waals surface area contributed by atoms with Gasteiger partial charge in [0.05, 0.1) is 12.7 Å². The summed E-state index contributed by atoms with van der Waals surface area (Å²) in [5, 5.41) is 1.91. The Labute approximate surface area is 146 Å². The van der Waals surface area contributed by atoms with Crippen LogP contribution in [-0.2, 0) is 17.6 Å². The van der Waals surface area contributed by atoms with Gasteiger partial charge < -0.3 is 9.72 Å². The highest BCUT2D eigenvalue weighted by atomic mass is 35.5. The van der Waals surface area contributed by atoms with Gasteiger partial charge in [0, 0.05) is 28.0 Å². The van der Waals surface area contributed by atoms with E-state index in [1.807, 2.05) is 36.4 Å². The third-order valence-electron chi connectivity index (χ3n) is 4.24. The lowest BCUT2D eigenvalue weighted by atomic mass is 9.99. The third kappa shape index (κ3) is 3.17. The number of hydrogen-bond donors (Lipinski definition) is 1. The number of rotatable bonds is 5. The summed E-state index contributed by atoms with van der Waals surface area (Å²) in [6.45, 7) is 2.16. The van der Waals surface area contributed by atoms with Gasteiger partial charge in [0.25, 0.3) is 0 Å². The molecule has 0 unspecified atom stereocenters. The molecule has 0 aliphatic heterocycles. The van der Waals surface area contributed by atoms with Crippen LogP contribution in [0.3, 0.4) is 0 Å². The summed E-state index contributed by atoms with van der Waals surface area (Å²) in [6, 6.07) is 13.6. The zero-order chi connectivity index (χ0) is 17.1. The van der Waals surface area contributed by atoms with Crippen molar-refractivity contribution in [1.29, 1.82) is 0 Å². The first-order valence-corrected chi connectivity index (χ1v) is 8.47. The molecule has 0 saturated carbocycles. The number of carbonyl (C=O) groups excluding carboxylic acids is 1. The molecule has 0 fully saturated rings. The molecule has 24 heavy (non-hydrogen) atoms. The maximum atomic E-state index is 11.8. The number of esters is 1. The zero-order valence-corrected chi connectivity index (χ0v) is 14.6. The van der Waals surface area contributed by atoms with Crippen LogP contribution >= 0.6 is 11.6 Å². The molecular weight excluding hydrogens is 322 g/mol. The van der Waals surface area contributed by atoms with Gasteiger partial charge in [-0.2, -0.15) is 0 Å². The second kappa shape index (κ2) is 7.10. The fourth-order valence-electron chi connectivity index (χ4n) is 3.05. The molecule has 3 aromatic rings. The van der Waals surface area contributed by atoms with E-state index in [9.17, 15) is 4.79 Å². The first kappa shape index (κ1) is 16.6. The molecule has 0 atom stereocenters. The predicted molar refractivity (Wildman–Crippen MR) is 97.9 cm³/mol. The minimum Gasteiger partial charge on any atom is -0.465 e. The predicted octanol–water partition coefficient (Wildman–Crippen LogP) is 5.15. The standard InChI is InChI=1S/C20H20ClNO2/c1-3-6-18-16(11-13-7-4-5-8-17(13)21)15-10-9-14(20(23)24-2)12-19(15)22-18/h4-5,7-10,12,22H,3,6,11H2,1-2H3. The molecule has 2 aromatic carbocycles.